The molecule has 1 unspecified atom stereocenters. The van der Waals surface area contributed by atoms with Crippen molar-refractivity contribution in [2.24, 2.45) is 0 Å². The maximum Gasteiger partial charge on any atom is 0.315 e. The van der Waals surface area contributed by atoms with Crippen LogP contribution in [0.5, 0.6) is 0 Å². The number of hydrogen-bond acceptors (Lipinski definition) is 5. The summed E-state index contributed by atoms with van der Waals surface area (Å²) in [6.45, 7) is 5.97. The van der Waals surface area contributed by atoms with Gasteiger partial charge in [0.25, 0.3) is 0 Å². The third kappa shape index (κ3) is 12.7. The smallest absolute Gasteiger partial charge is 0.315 e. The highest BCUT2D eigenvalue weighted by molar-refractivity contribution is 6.35. The lowest BCUT2D eigenvalue weighted by Crippen LogP contribution is -2.35. The number of halogens is 2. The Morgan fingerprint density at radius 3 is 2.43 bits per heavy atom. The second-order valence-electron chi connectivity index (χ2n) is 8.96. The maximum absolute atomic E-state index is 12.1. The van der Waals surface area contributed by atoms with E-state index < -0.39 is 0 Å². The van der Waals surface area contributed by atoms with Crippen molar-refractivity contribution in [2.75, 3.05) is 39.8 Å². The SMILES string of the molecule is CNCCOC(=O)CCCN(CCCCCNC(=O)NCc1ccc(Cl)cc1Cl)C(C)c1ccccc1. The molecule has 0 heterocycles. The zero-order chi connectivity index (χ0) is 26.9. The molecule has 0 spiro atoms. The number of ether oxygens (including phenoxy) is 1. The summed E-state index contributed by atoms with van der Waals surface area (Å²) in [6, 6.07) is 15.7. The van der Waals surface area contributed by atoms with Crippen molar-refractivity contribution in [3.05, 3.63) is 69.7 Å². The summed E-state index contributed by atoms with van der Waals surface area (Å²) in [5, 5.41) is 9.79. The van der Waals surface area contributed by atoms with E-state index in [2.05, 4.69) is 52.0 Å². The zero-order valence-electron chi connectivity index (χ0n) is 21.9. The van der Waals surface area contributed by atoms with Crippen molar-refractivity contribution in [1.82, 2.24) is 20.9 Å². The molecule has 2 amide bonds. The Balaban J connectivity index is 1.69. The van der Waals surface area contributed by atoms with Crippen LogP contribution in [0.2, 0.25) is 10.0 Å². The van der Waals surface area contributed by atoms with E-state index in [0.717, 1.165) is 44.3 Å². The van der Waals surface area contributed by atoms with Crippen LogP contribution < -0.4 is 16.0 Å². The largest absolute Gasteiger partial charge is 0.464 e. The summed E-state index contributed by atoms with van der Waals surface area (Å²) in [4.78, 5) is 26.5. The van der Waals surface area contributed by atoms with Crippen molar-refractivity contribution >= 4 is 35.2 Å². The van der Waals surface area contributed by atoms with Gasteiger partial charge in [0.05, 0.1) is 0 Å². The predicted molar refractivity (Wildman–Crippen MR) is 151 cm³/mol. The lowest BCUT2D eigenvalue weighted by atomic mass is 10.1. The van der Waals surface area contributed by atoms with Crippen molar-refractivity contribution in [3.63, 3.8) is 0 Å². The van der Waals surface area contributed by atoms with Gasteiger partial charge in [-0.15, -0.1) is 0 Å². The van der Waals surface area contributed by atoms with E-state index in [1.165, 1.54) is 5.56 Å². The Hall–Kier alpha value is -2.32. The minimum atomic E-state index is -0.216. The summed E-state index contributed by atoms with van der Waals surface area (Å²) in [6.07, 6.45) is 4.07. The van der Waals surface area contributed by atoms with Gasteiger partial charge in [-0.1, -0.05) is 66.0 Å². The first kappa shape index (κ1) is 30.9. The molecule has 0 fully saturated rings. The second kappa shape index (κ2) is 18.0. The number of hydrogen-bond donors (Lipinski definition) is 3. The molecule has 0 aliphatic carbocycles. The van der Waals surface area contributed by atoms with Crippen molar-refractivity contribution in [3.8, 4) is 0 Å². The van der Waals surface area contributed by atoms with Gasteiger partial charge in [-0.3, -0.25) is 9.69 Å². The van der Waals surface area contributed by atoms with Crippen LogP contribution in [0.3, 0.4) is 0 Å². The van der Waals surface area contributed by atoms with E-state index in [4.69, 9.17) is 27.9 Å². The molecular weight excluding hydrogens is 511 g/mol. The molecule has 3 N–H and O–H groups in total. The van der Waals surface area contributed by atoms with Crippen LogP contribution in [0, 0.1) is 0 Å². The highest BCUT2D eigenvalue weighted by Crippen LogP contribution is 2.22. The number of esters is 1. The molecule has 204 valence electrons. The average molecular weight is 552 g/mol. The van der Waals surface area contributed by atoms with Gasteiger partial charge in [-0.25, -0.2) is 4.79 Å². The maximum atomic E-state index is 12.1. The molecule has 9 heteroatoms. The molecular formula is C28H40Cl2N4O3. The summed E-state index contributed by atoms with van der Waals surface area (Å²) in [5.41, 5.74) is 2.08. The van der Waals surface area contributed by atoms with E-state index in [0.29, 0.717) is 42.7 Å². The molecule has 0 saturated heterocycles. The molecule has 0 aromatic heterocycles. The number of carbonyl (C=O) groups excluding carboxylic acids is 2. The third-order valence-corrected chi connectivity index (χ3v) is 6.72. The molecule has 7 nitrogen and oxygen atoms in total. The Bertz CT molecular complexity index is 946. The molecule has 2 aromatic carbocycles. The van der Waals surface area contributed by atoms with Crippen LogP contribution in [-0.2, 0) is 16.1 Å². The summed E-state index contributed by atoms with van der Waals surface area (Å²) in [5.74, 6) is -0.148. The van der Waals surface area contributed by atoms with Crippen LogP contribution in [0.15, 0.2) is 48.5 Å². The Kier molecular flexibility index (Phi) is 15.0. The van der Waals surface area contributed by atoms with Gasteiger partial charge in [0.15, 0.2) is 0 Å². The number of benzene rings is 2. The first-order valence-electron chi connectivity index (χ1n) is 13.0. The molecule has 2 aromatic rings. The number of amides is 2. The van der Waals surface area contributed by atoms with Crippen molar-refractivity contribution in [1.29, 1.82) is 0 Å². The Labute approximate surface area is 231 Å². The lowest BCUT2D eigenvalue weighted by molar-refractivity contribution is -0.143. The number of likely N-dealkylation sites (N-methyl/N-ethyl adjacent to an activating group) is 1. The molecule has 37 heavy (non-hydrogen) atoms. The number of urea groups is 1. The second-order valence-corrected chi connectivity index (χ2v) is 9.80. The quantitative estimate of drug-likeness (QED) is 0.177. The molecule has 0 radical (unpaired) electrons. The molecule has 1 atom stereocenters. The third-order valence-electron chi connectivity index (χ3n) is 6.13. The Morgan fingerprint density at radius 2 is 1.70 bits per heavy atom. The number of unbranched alkanes of at least 4 members (excludes halogenated alkanes) is 2. The first-order valence-corrected chi connectivity index (χ1v) is 13.7. The number of nitrogens with one attached hydrogen (secondary N) is 3. The summed E-state index contributed by atoms with van der Waals surface area (Å²) < 4.78 is 5.24. The van der Waals surface area contributed by atoms with Crippen LogP contribution >= 0.6 is 23.2 Å². The summed E-state index contributed by atoms with van der Waals surface area (Å²) >= 11 is 12.1. The van der Waals surface area contributed by atoms with Crippen LogP contribution in [0.1, 0.15) is 56.2 Å². The first-order chi connectivity index (χ1) is 17.9. The molecule has 0 aliphatic heterocycles. The average Bonchev–Trinajstić information content (AvgIpc) is 2.89. The summed E-state index contributed by atoms with van der Waals surface area (Å²) in [7, 11) is 1.83. The van der Waals surface area contributed by atoms with Crippen LogP contribution in [-0.4, -0.2) is 56.7 Å². The Morgan fingerprint density at radius 1 is 0.946 bits per heavy atom. The van der Waals surface area contributed by atoms with Crippen LogP contribution in [0.4, 0.5) is 4.79 Å². The van der Waals surface area contributed by atoms with Crippen molar-refractivity contribution < 1.29 is 14.3 Å². The van der Waals surface area contributed by atoms with Crippen molar-refractivity contribution in [2.45, 2.75) is 51.6 Å². The predicted octanol–water partition coefficient (Wildman–Crippen LogP) is 5.57. The van der Waals surface area contributed by atoms with Gasteiger partial charge in [-0.2, -0.15) is 0 Å². The van der Waals surface area contributed by atoms with Gasteiger partial charge in [0, 0.05) is 42.1 Å². The van der Waals surface area contributed by atoms with Gasteiger partial charge in [0.1, 0.15) is 6.61 Å². The zero-order valence-corrected chi connectivity index (χ0v) is 23.4. The minimum Gasteiger partial charge on any atom is -0.464 e. The molecule has 2 rings (SSSR count). The van der Waals surface area contributed by atoms with E-state index in [1.807, 2.05) is 13.1 Å². The van der Waals surface area contributed by atoms with Gasteiger partial charge in [0.2, 0.25) is 0 Å². The number of nitrogens with zero attached hydrogens (tertiary/aromatic N) is 1. The fraction of sp³-hybridized carbons (Fsp3) is 0.500. The van der Waals surface area contributed by atoms with Crippen LogP contribution in [0.25, 0.3) is 0 Å². The van der Waals surface area contributed by atoms with E-state index >= 15 is 0 Å². The van der Waals surface area contributed by atoms with Gasteiger partial charge in [-0.05, 0) is 69.6 Å². The normalized spacial score (nSPS) is 11.8. The topological polar surface area (TPSA) is 82.7 Å². The molecule has 0 aliphatic rings. The highest BCUT2D eigenvalue weighted by atomic mass is 35.5. The van der Waals surface area contributed by atoms with E-state index in [1.54, 1.807) is 18.2 Å². The number of carbonyl (C=O) groups is 2. The number of rotatable bonds is 17. The van der Waals surface area contributed by atoms with Gasteiger partial charge >= 0.3 is 12.0 Å². The lowest BCUT2D eigenvalue weighted by Gasteiger charge is -2.29. The highest BCUT2D eigenvalue weighted by Gasteiger charge is 2.16. The molecule has 0 saturated carbocycles. The van der Waals surface area contributed by atoms with E-state index in [9.17, 15) is 9.59 Å². The molecule has 0 bridgehead atoms. The van der Waals surface area contributed by atoms with E-state index in [-0.39, 0.29) is 18.0 Å². The minimum absolute atomic E-state index is 0.148. The fourth-order valence-corrected chi connectivity index (χ4v) is 4.40. The standard InChI is InChI=1S/C28H40Cl2N4O3/c1-22(23-10-5-3-6-11-23)34(18-9-12-27(35)37-19-16-31-2)17-8-4-7-15-32-28(36)33-21-24-13-14-25(29)20-26(24)30/h3,5-6,10-11,13-14,20,22,31H,4,7-9,12,15-19,21H2,1-2H3,(H2,32,33,36). The fourth-order valence-electron chi connectivity index (χ4n) is 3.93. The van der Waals surface area contributed by atoms with Gasteiger partial charge < -0.3 is 20.7 Å². The monoisotopic (exact) mass is 550 g/mol.